The van der Waals surface area contributed by atoms with Crippen LogP contribution >= 0.6 is 0 Å². The molecular weight excluding hydrogens is 1230 g/mol. The molecule has 1 saturated heterocycles. The number of ether oxygens (including phenoxy) is 10. The molecule has 3 aliphatic rings. The van der Waals surface area contributed by atoms with E-state index in [2.05, 4.69) is 132 Å². The standard InChI is InChI=1S/C79H102N4O14/c1-80(2,37-15-43-93-76(84)30-31-77(85)94-44-16-38-82(4)41-35-64-49-72(90-8)74(92-10)51-68(64)70(82)47-58-22-26-66(88-6)27-23-58)53-61-20-14-21-62(46-61)56-96-75-52-69-65(50-73(75)91-9)36-42-83(5,71(69)48-59-24-28-67(89-7)29-25-59)39-17-45-95-78(86)32-33-79(87)97-57-63-34-40-81(3,55-63)54-60-18-12-11-13-19-60/h11-14,18-33,46,49-52,63,70-71H,15-17,34-45,47-48,53-57H2,1-10H3/q+4/b31-30-,33-32-. The van der Waals surface area contributed by atoms with Crippen molar-refractivity contribution in [2.45, 2.75) is 83.1 Å². The van der Waals surface area contributed by atoms with Gasteiger partial charge in [-0.1, -0.05) is 72.8 Å². The molecule has 6 aromatic carbocycles. The maximum atomic E-state index is 12.9. The van der Waals surface area contributed by atoms with E-state index in [1.165, 1.54) is 51.1 Å². The molecule has 0 saturated carbocycles. The van der Waals surface area contributed by atoms with E-state index in [4.69, 9.17) is 47.4 Å². The Morgan fingerprint density at radius 3 is 1.46 bits per heavy atom. The van der Waals surface area contributed by atoms with Crippen LogP contribution in [0.25, 0.3) is 0 Å². The fourth-order valence-corrected chi connectivity index (χ4v) is 14.5. The largest absolute Gasteiger partial charge is 0.497 e. The van der Waals surface area contributed by atoms with Crippen molar-refractivity contribution in [2.24, 2.45) is 5.92 Å². The molecule has 18 nitrogen and oxygen atoms in total. The second-order valence-corrected chi connectivity index (χ2v) is 27.7. The van der Waals surface area contributed by atoms with Crippen LogP contribution in [0.4, 0.5) is 0 Å². The lowest BCUT2D eigenvalue weighted by Crippen LogP contribution is -2.52. The van der Waals surface area contributed by atoms with Crippen molar-refractivity contribution in [1.29, 1.82) is 0 Å². The van der Waals surface area contributed by atoms with Gasteiger partial charge in [-0.25, -0.2) is 19.2 Å². The minimum atomic E-state index is -0.594. The Bertz CT molecular complexity index is 3670. The maximum absolute atomic E-state index is 12.9. The smallest absolute Gasteiger partial charge is 0.331 e. The van der Waals surface area contributed by atoms with Gasteiger partial charge in [-0.15, -0.1) is 0 Å². The number of rotatable bonds is 34. The molecule has 0 aliphatic carbocycles. The van der Waals surface area contributed by atoms with Crippen molar-refractivity contribution in [1.82, 2.24) is 0 Å². The predicted octanol–water partition coefficient (Wildman–Crippen LogP) is 11.3. The molecule has 0 bridgehead atoms. The van der Waals surface area contributed by atoms with E-state index in [0.29, 0.717) is 58.7 Å². The Kier molecular flexibility index (Phi) is 25.4. The number of fused-ring (bicyclic) bond motifs is 2. The Labute approximate surface area is 574 Å². The van der Waals surface area contributed by atoms with Gasteiger partial charge in [0.2, 0.25) is 0 Å². The van der Waals surface area contributed by atoms with Gasteiger partial charge in [0.25, 0.3) is 0 Å². The van der Waals surface area contributed by atoms with E-state index < -0.39 is 23.9 Å². The minimum absolute atomic E-state index is 0.0405. The van der Waals surface area contributed by atoms with E-state index in [0.717, 1.165) is 141 Å². The van der Waals surface area contributed by atoms with Crippen LogP contribution in [0.5, 0.6) is 34.5 Å². The zero-order valence-corrected chi connectivity index (χ0v) is 58.7. The van der Waals surface area contributed by atoms with Crippen LogP contribution in [0.15, 0.2) is 152 Å². The number of carbonyl (C=O) groups is 4. The first kappa shape index (κ1) is 72.6. The molecule has 3 aliphatic heterocycles. The number of quaternary nitrogens is 4. The average molecular weight is 1330 g/mol. The van der Waals surface area contributed by atoms with Crippen LogP contribution in [0.1, 0.15) is 87.8 Å². The van der Waals surface area contributed by atoms with Gasteiger partial charge in [-0.2, -0.15) is 0 Å². The lowest BCUT2D eigenvalue weighted by atomic mass is 9.86. The first-order chi connectivity index (χ1) is 46.7. The first-order valence-electron chi connectivity index (χ1n) is 34.0. The molecule has 6 aromatic rings. The molecule has 0 radical (unpaired) electrons. The summed E-state index contributed by atoms with van der Waals surface area (Å²) in [7, 11) is 19.4. The zero-order chi connectivity index (χ0) is 69.0. The number of carbonyl (C=O) groups excluding carboxylic acids is 4. The molecular formula is C79H102N4O14+4. The normalized spacial score (nSPS) is 20.5. The highest BCUT2D eigenvalue weighted by Gasteiger charge is 2.42. The summed E-state index contributed by atoms with van der Waals surface area (Å²) < 4.78 is 60.4. The van der Waals surface area contributed by atoms with Gasteiger partial charge in [0, 0.05) is 104 Å². The van der Waals surface area contributed by atoms with E-state index in [-0.39, 0.29) is 37.8 Å². The van der Waals surface area contributed by atoms with Crippen LogP contribution < -0.4 is 28.4 Å². The van der Waals surface area contributed by atoms with Crippen LogP contribution in [-0.4, -0.2) is 185 Å². The molecule has 0 aromatic heterocycles. The zero-order valence-electron chi connectivity index (χ0n) is 58.7. The lowest BCUT2D eigenvalue weighted by Gasteiger charge is -2.46. The fourth-order valence-electron chi connectivity index (χ4n) is 14.5. The van der Waals surface area contributed by atoms with Crippen molar-refractivity contribution in [2.75, 3.05) is 143 Å². The third kappa shape index (κ3) is 20.4. The number of benzene rings is 6. The van der Waals surface area contributed by atoms with Gasteiger partial charge < -0.3 is 65.3 Å². The molecule has 6 unspecified atom stereocenters. The second-order valence-electron chi connectivity index (χ2n) is 27.7. The van der Waals surface area contributed by atoms with Gasteiger partial charge in [-0.3, -0.25) is 0 Å². The summed E-state index contributed by atoms with van der Waals surface area (Å²) in [5.41, 5.74) is 10.7. The SMILES string of the molecule is COc1ccc(CC2c3cc(OC)c(OC)cc3CC[N+]2(C)CCCOC(=O)/C=C\C(=O)OCCC[N+](C)(C)Cc2cccc(COc3cc4c(cc3OC)CC[N+](C)(CCCOC(=O)/C=C\C(=O)OCC3CC[N+](C)(Cc5ccccc5)C3)C4Cc3ccc(OC)cc3)c2)cc1. The molecule has 9 rings (SSSR count). The summed E-state index contributed by atoms with van der Waals surface area (Å²) in [6, 6.07) is 44.0. The highest BCUT2D eigenvalue weighted by Crippen LogP contribution is 2.45. The minimum Gasteiger partial charge on any atom is -0.497 e. The van der Waals surface area contributed by atoms with Crippen molar-refractivity contribution in [3.63, 3.8) is 0 Å². The molecule has 518 valence electrons. The molecule has 0 N–H and O–H groups in total. The molecule has 3 heterocycles. The lowest BCUT2D eigenvalue weighted by molar-refractivity contribution is -0.941. The Morgan fingerprint density at radius 1 is 0.485 bits per heavy atom. The molecule has 1 fully saturated rings. The van der Waals surface area contributed by atoms with E-state index in [1.54, 1.807) is 35.5 Å². The summed E-state index contributed by atoms with van der Waals surface area (Å²) >= 11 is 0. The summed E-state index contributed by atoms with van der Waals surface area (Å²) in [6.45, 7) is 8.93. The van der Waals surface area contributed by atoms with Crippen LogP contribution in [0.3, 0.4) is 0 Å². The molecule has 0 spiro atoms. The van der Waals surface area contributed by atoms with E-state index >= 15 is 0 Å². The monoisotopic (exact) mass is 1330 g/mol. The Hall–Kier alpha value is -8.68. The van der Waals surface area contributed by atoms with Crippen molar-refractivity contribution in [3.05, 3.63) is 202 Å². The first-order valence-corrected chi connectivity index (χ1v) is 34.0. The fraction of sp³-hybridized carbons (Fsp3) is 0.443. The predicted molar refractivity (Wildman–Crippen MR) is 372 cm³/mol. The Morgan fingerprint density at radius 2 is 0.948 bits per heavy atom. The van der Waals surface area contributed by atoms with E-state index in [9.17, 15) is 19.2 Å². The van der Waals surface area contributed by atoms with Gasteiger partial charge in [-0.05, 0) is 82.4 Å². The molecule has 97 heavy (non-hydrogen) atoms. The second kappa shape index (κ2) is 34.0. The van der Waals surface area contributed by atoms with Gasteiger partial charge in [0.1, 0.15) is 49.9 Å². The number of nitrogens with zero attached hydrogens (tertiary/aromatic N) is 4. The summed E-state index contributed by atoms with van der Waals surface area (Å²) in [6.07, 6.45) is 10.7. The number of esters is 4. The number of likely N-dealkylation sites (N-methyl/N-ethyl adjacent to an activating group) is 2. The number of hydrogen-bond donors (Lipinski definition) is 0. The van der Waals surface area contributed by atoms with Crippen molar-refractivity contribution < 1.29 is 84.5 Å². The highest BCUT2D eigenvalue weighted by molar-refractivity contribution is 5.92. The van der Waals surface area contributed by atoms with Crippen LogP contribution in [0, 0.1) is 5.92 Å². The quantitative estimate of drug-likeness (QED) is 0.0123. The average Bonchev–Trinajstić information content (AvgIpc) is 1.12. The Balaban J connectivity index is 0.722. The summed E-state index contributed by atoms with van der Waals surface area (Å²) in [4.78, 5) is 51.2. The number of hydrogen-bond acceptors (Lipinski definition) is 14. The highest BCUT2D eigenvalue weighted by atomic mass is 16.6. The topological polar surface area (TPSA) is 161 Å². The molecule has 0 amide bonds. The third-order valence-electron chi connectivity index (χ3n) is 19.9. The van der Waals surface area contributed by atoms with Crippen LogP contribution in [-0.2, 0) is 83.5 Å². The maximum Gasteiger partial charge on any atom is 0.331 e. The number of likely N-dealkylation sites (tertiary alicyclic amines) is 1. The van der Waals surface area contributed by atoms with Crippen molar-refractivity contribution >= 4 is 23.9 Å². The molecule has 6 atom stereocenters. The number of methoxy groups -OCH3 is 5. The van der Waals surface area contributed by atoms with Crippen LogP contribution in [0.2, 0.25) is 0 Å². The van der Waals surface area contributed by atoms with Gasteiger partial charge >= 0.3 is 23.9 Å². The summed E-state index contributed by atoms with van der Waals surface area (Å²) in [5.74, 6) is 2.32. The summed E-state index contributed by atoms with van der Waals surface area (Å²) in [5, 5.41) is 0. The van der Waals surface area contributed by atoms with Gasteiger partial charge in [0.15, 0.2) is 23.0 Å². The third-order valence-corrected chi connectivity index (χ3v) is 19.9. The van der Waals surface area contributed by atoms with Gasteiger partial charge in [0.05, 0.1) is 136 Å². The molecule has 18 heteroatoms. The van der Waals surface area contributed by atoms with Crippen molar-refractivity contribution in [3.8, 4) is 34.5 Å². The van der Waals surface area contributed by atoms with E-state index in [1.807, 2.05) is 30.3 Å².